The SMILES string of the molecule is NC(=O)C[C@H](NC(=O)CNC(=O)COc1ccc([C@]2(c3ccc(F)cc3)NC(=O)[C@@H]2SCC(=O)c2ccc(F)cc2)cc1)C(=O)O. The van der Waals surface area contributed by atoms with E-state index < -0.39 is 71.7 Å². The maximum atomic E-state index is 13.8. The lowest BCUT2D eigenvalue weighted by Crippen LogP contribution is -2.69. The molecular weight excluding hydrogens is 626 g/mol. The Morgan fingerprint density at radius 2 is 1.48 bits per heavy atom. The van der Waals surface area contributed by atoms with E-state index in [-0.39, 0.29) is 23.2 Å². The van der Waals surface area contributed by atoms with Crippen LogP contribution in [0.3, 0.4) is 0 Å². The summed E-state index contributed by atoms with van der Waals surface area (Å²) in [6, 6.07) is 15.5. The number of carbonyl (C=O) groups excluding carboxylic acids is 5. The predicted octanol–water partition coefficient (Wildman–Crippen LogP) is 1.26. The summed E-state index contributed by atoms with van der Waals surface area (Å²) in [4.78, 5) is 71.9. The molecule has 0 aromatic heterocycles. The van der Waals surface area contributed by atoms with E-state index in [1.165, 1.54) is 60.7 Å². The van der Waals surface area contributed by atoms with Crippen molar-refractivity contribution in [1.82, 2.24) is 16.0 Å². The number of hydrogen-bond donors (Lipinski definition) is 5. The van der Waals surface area contributed by atoms with Crippen molar-refractivity contribution in [3.05, 3.63) is 101 Å². The summed E-state index contributed by atoms with van der Waals surface area (Å²) in [5, 5.41) is 15.5. The number of rotatable bonds is 15. The third kappa shape index (κ3) is 8.04. The number of β-lactam (4-membered cyclic amide) rings is 1. The Morgan fingerprint density at radius 1 is 0.913 bits per heavy atom. The van der Waals surface area contributed by atoms with Crippen LogP contribution in [0.1, 0.15) is 27.9 Å². The topological polar surface area (TPSA) is 194 Å². The number of hydrogen-bond acceptors (Lipinski definition) is 8. The van der Waals surface area contributed by atoms with Gasteiger partial charge in [-0.3, -0.25) is 24.0 Å². The van der Waals surface area contributed by atoms with Gasteiger partial charge in [-0.1, -0.05) is 24.3 Å². The molecule has 0 unspecified atom stereocenters. The first-order chi connectivity index (χ1) is 21.9. The van der Waals surface area contributed by atoms with Gasteiger partial charge in [-0.25, -0.2) is 13.6 Å². The van der Waals surface area contributed by atoms with Gasteiger partial charge in [0, 0.05) is 5.56 Å². The molecule has 1 heterocycles. The number of ketones is 1. The van der Waals surface area contributed by atoms with Gasteiger partial charge in [-0.2, -0.15) is 0 Å². The van der Waals surface area contributed by atoms with Crippen LogP contribution in [0, 0.1) is 11.6 Å². The largest absolute Gasteiger partial charge is 0.484 e. The minimum absolute atomic E-state index is 0.0803. The van der Waals surface area contributed by atoms with Crippen molar-refractivity contribution in [3.63, 3.8) is 0 Å². The smallest absolute Gasteiger partial charge is 0.326 e. The van der Waals surface area contributed by atoms with Gasteiger partial charge in [0.2, 0.25) is 17.7 Å². The molecule has 1 aliphatic heterocycles. The molecule has 240 valence electrons. The first kappa shape index (κ1) is 33.6. The molecule has 3 atom stereocenters. The number of nitrogens with two attached hydrogens (primary N) is 1. The van der Waals surface area contributed by atoms with Gasteiger partial charge in [-0.05, 0) is 59.7 Å². The second-order valence-corrected chi connectivity index (χ2v) is 11.2. The molecule has 0 radical (unpaired) electrons. The molecule has 15 heteroatoms. The van der Waals surface area contributed by atoms with E-state index in [2.05, 4.69) is 16.0 Å². The number of halogens is 2. The monoisotopic (exact) mass is 654 g/mol. The molecule has 1 fully saturated rings. The number of ether oxygens (including phenoxy) is 1. The van der Waals surface area contributed by atoms with Gasteiger partial charge >= 0.3 is 5.97 Å². The average molecular weight is 655 g/mol. The summed E-state index contributed by atoms with van der Waals surface area (Å²) >= 11 is 1.09. The van der Waals surface area contributed by atoms with E-state index in [1.807, 2.05) is 0 Å². The average Bonchev–Trinajstić information content (AvgIpc) is 3.02. The number of amides is 4. The second kappa shape index (κ2) is 14.6. The molecular formula is C31H28F2N4O8S. The van der Waals surface area contributed by atoms with Crippen molar-refractivity contribution in [2.45, 2.75) is 23.3 Å². The maximum Gasteiger partial charge on any atom is 0.326 e. The third-order valence-electron chi connectivity index (χ3n) is 6.96. The van der Waals surface area contributed by atoms with E-state index in [0.717, 1.165) is 11.8 Å². The Bertz CT molecular complexity index is 1640. The lowest BCUT2D eigenvalue weighted by atomic mass is 9.74. The number of thioether (sulfide) groups is 1. The number of nitrogens with one attached hydrogen (secondary N) is 3. The predicted molar refractivity (Wildman–Crippen MR) is 161 cm³/mol. The van der Waals surface area contributed by atoms with Crippen molar-refractivity contribution in [2.75, 3.05) is 18.9 Å². The molecule has 6 N–H and O–H groups in total. The highest BCUT2D eigenvalue weighted by atomic mass is 32.2. The highest BCUT2D eigenvalue weighted by Crippen LogP contribution is 2.45. The van der Waals surface area contributed by atoms with Crippen LogP contribution >= 0.6 is 11.8 Å². The molecule has 3 aromatic rings. The van der Waals surface area contributed by atoms with Gasteiger partial charge in [0.05, 0.1) is 18.7 Å². The third-order valence-corrected chi connectivity index (χ3v) is 8.29. The standard InChI is InChI=1S/C31H28F2N4O8S/c32-20-7-1-17(2-8-20)24(38)16-46-28-29(42)37-31(28,18-3-9-21(33)10-4-18)19-5-11-22(12-6-19)45-15-27(41)35-14-26(40)36-23(30(43)44)13-25(34)39/h1-12,23,28H,13-16H2,(H2,34,39)(H,35,41)(H,36,40)(H,37,42)(H,43,44)/t23-,28-,31-/m0/s1. The van der Waals surface area contributed by atoms with Crippen molar-refractivity contribution < 1.29 is 47.4 Å². The van der Waals surface area contributed by atoms with Gasteiger partial charge in [-0.15, -0.1) is 11.8 Å². The van der Waals surface area contributed by atoms with Gasteiger partial charge < -0.3 is 31.5 Å². The Labute approximate surface area is 265 Å². The van der Waals surface area contributed by atoms with Crippen molar-refractivity contribution in [2.24, 2.45) is 5.73 Å². The lowest BCUT2D eigenvalue weighted by Gasteiger charge is -2.49. The maximum absolute atomic E-state index is 13.8. The number of benzene rings is 3. The van der Waals surface area contributed by atoms with Crippen LogP contribution in [0.2, 0.25) is 0 Å². The fourth-order valence-electron chi connectivity index (χ4n) is 4.69. The molecule has 0 bridgehead atoms. The first-order valence-corrected chi connectivity index (χ1v) is 14.7. The molecule has 1 aliphatic rings. The zero-order valence-electron chi connectivity index (χ0n) is 24.0. The molecule has 0 saturated carbocycles. The lowest BCUT2D eigenvalue weighted by molar-refractivity contribution is -0.143. The summed E-state index contributed by atoms with van der Waals surface area (Å²) in [7, 11) is 0. The molecule has 4 amide bonds. The zero-order chi connectivity index (χ0) is 33.4. The quantitative estimate of drug-likeness (QED) is 0.119. The first-order valence-electron chi connectivity index (χ1n) is 13.7. The van der Waals surface area contributed by atoms with Crippen LogP contribution in [0.25, 0.3) is 0 Å². The van der Waals surface area contributed by atoms with Gasteiger partial charge in [0.15, 0.2) is 12.4 Å². The van der Waals surface area contributed by atoms with Crippen LogP contribution in [0.4, 0.5) is 8.78 Å². The molecule has 1 saturated heterocycles. The molecule has 0 spiro atoms. The summed E-state index contributed by atoms with van der Waals surface area (Å²) in [6.45, 7) is -1.08. The van der Waals surface area contributed by atoms with E-state index in [4.69, 9.17) is 15.6 Å². The fraction of sp³-hybridized carbons (Fsp3) is 0.226. The number of carboxylic acids is 1. The van der Waals surface area contributed by atoms with Crippen molar-refractivity contribution in [3.8, 4) is 5.75 Å². The number of carbonyl (C=O) groups is 6. The summed E-state index contributed by atoms with van der Waals surface area (Å²) in [5.74, 6) is -5.37. The van der Waals surface area contributed by atoms with Crippen molar-refractivity contribution >= 4 is 47.1 Å². The van der Waals surface area contributed by atoms with Crippen LogP contribution in [0.5, 0.6) is 5.75 Å². The summed E-state index contributed by atoms with van der Waals surface area (Å²) in [5.41, 5.74) is 5.27. The molecule has 0 aliphatic carbocycles. The van der Waals surface area contributed by atoms with E-state index in [0.29, 0.717) is 16.7 Å². The Balaban J connectivity index is 1.41. The molecule has 4 rings (SSSR count). The fourth-order valence-corrected chi connectivity index (χ4v) is 5.97. The van der Waals surface area contributed by atoms with Gasteiger partial charge in [0.1, 0.15) is 34.2 Å². The number of carboxylic acid groups (broad SMARTS) is 1. The van der Waals surface area contributed by atoms with Gasteiger partial charge in [0.25, 0.3) is 5.91 Å². The number of aliphatic carboxylic acids is 1. The minimum atomic E-state index is -1.54. The second-order valence-electron chi connectivity index (χ2n) is 10.1. The van der Waals surface area contributed by atoms with E-state index in [1.54, 1.807) is 12.1 Å². The molecule has 3 aromatic carbocycles. The zero-order valence-corrected chi connectivity index (χ0v) is 24.8. The molecule has 12 nitrogen and oxygen atoms in total. The Morgan fingerprint density at radius 3 is 2.02 bits per heavy atom. The van der Waals surface area contributed by atoms with E-state index in [9.17, 15) is 37.5 Å². The normalized spacial score (nSPS) is 17.5. The summed E-state index contributed by atoms with van der Waals surface area (Å²) in [6.07, 6.45) is -0.617. The highest BCUT2D eigenvalue weighted by Gasteiger charge is 2.56. The van der Waals surface area contributed by atoms with E-state index >= 15 is 0 Å². The van der Waals surface area contributed by atoms with Crippen molar-refractivity contribution in [1.29, 1.82) is 0 Å². The Hall–Kier alpha value is -5.31. The van der Waals surface area contributed by atoms with Crippen LogP contribution in [-0.2, 0) is 29.5 Å². The number of primary amides is 1. The molecule has 46 heavy (non-hydrogen) atoms. The number of Topliss-reactive ketones (excluding diaryl/α,β-unsaturated/α-hetero) is 1. The highest BCUT2D eigenvalue weighted by molar-refractivity contribution is 8.01. The Kier molecular flexibility index (Phi) is 10.7. The van der Waals surface area contributed by atoms with Crippen LogP contribution in [-0.4, -0.2) is 70.7 Å². The van der Waals surface area contributed by atoms with Crippen LogP contribution < -0.4 is 26.4 Å². The minimum Gasteiger partial charge on any atom is -0.484 e. The summed E-state index contributed by atoms with van der Waals surface area (Å²) < 4.78 is 32.6. The van der Waals surface area contributed by atoms with Crippen LogP contribution in [0.15, 0.2) is 72.8 Å².